The number of carbonyl (C=O) groups is 3. The van der Waals surface area contributed by atoms with Crippen LogP contribution in [0.5, 0.6) is 0 Å². The second kappa shape index (κ2) is 11.9. The average molecular weight is 499 g/mol. The first-order chi connectivity index (χ1) is 17.1. The lowest BCUT2D eigenvalue weighted by Gasteiger charge is -2.11. The van der Waals surface area contributed by atoms with Crippen LogP contribution in [-0.4, -0.2) is 24.3 Å². The zero-order valence-corrected chi connectivity index (χ0v) is 19.4. The summed E-state index contributed by atoms with van der Waals surface area (Å²) in [7, 11) is 0. The van der Waals surface area contributed by atoms with Crippen LogP contribution in [0.4, 0.5) is 35.9 Å². The molecule has 3 aromatic carbocycles. The van der Waals surface area contributed by atoms with Gasteiger partial charge in [-0.25, -0.2) is 0 Å². The van der Waals surface area contributed by atoms with E-state index in [2.05, 4.69) is 21.3 Å². The predicted molar refractivity (Wildman–Crippen MR) is 133 cm³/mol. The lowest BCUT2D eigenvalue weighted by Crippen LogP contribution is -2.22. The van der Waals surface area contributed by atoms with Crippen LogP contribution >= 0.6 is 0 Å². The number of benzene rings is 3. The molecule has 0 heterocycles. The minimum absolute atomic E-state index is 0.00409. The molecule has 3 aromatic rings. The Labute approximate surface area is 206 Å². The summed E-state index contributed by atoms with van der Waals surface area (Å²) >= 11 is 0. The zero-order chi connectivity index (χ0) is 26.1. The van der Waals surface area contributed by atoms with Crippen LogP contribution in [0.1, 0.15) is 35.7 Å². The summed E-state index contributed by atoms with van der Waals surface area (Å²) in [5.41, 5.74) is 0.983. The van der Waals surface area contributed by atoms with Crippen LogP contribution in [0.25, 0.3) is 0 Å². The molecule has 0 saturated heterocycles. The molecular formula is C26H25F3N4O3. The highest BCUT2D eigenvalue weighted by molar-refractivity contribution is 6.05. The van der Waals surface area contributed by atoms with Gasteiger partial charge in [-0.1, -0.05) is 19.1 Å². The molecule has 0 fully saturated rings. The third kappa shape index (κ3) is 7.86. The molecule has 0 spiro atoms. The summed E-state index contributed by atoms with van der Waals surface area (Å²) in [6.07, 6.45) is -3.33. The van der Waals surface area contributed by atoms with Gasteiger partial charge in [0.05, 0.1) is 12.1 Å². The highest BCUT2D eigenvalue weighted by Gasteiger charge is 2.30. The molecule has 188 valence electrons. The molecule has 0 aliphatic rings. The number of rotatable bonds is 9. The van der Waals surface area contributed by atoms with E-state index in [1.54, 1.807) is 36.4 Å². The number of alkyl halides is 3. The van der Waals surface area contributed by atoms with Crippen LogP contribution < -0.4 is 21.3 Å². The van der Waals surface area contributed by atoms with E-state index >= 15 is 0 Å². The zero-order valence-electron chi connectivity index (χ0n) is 19.4. The number of anilines is 4. The van der Waals surface area contributed by atoms with Gasteiger partial charge in [-0.15, -0.1) is 0 Å². The van der Waals surface area contributed by atoms with Gasteiger partial charge in [0.15, 0.2) is 0 Å². The maximum Gasteiger partial charge on any atom is 0.416 e. The maximum atomic E-state index is 12.9. The van der Waals surface area contributed by atoms with E-state index in [1.807, 2.05) is 6.92 Å². The fraction of sp³-hybridized carbons (Fsp3) is 0.192. The van der Waals surface area contributed by atoms with Gasteiger partial charge in [0.25, 0.3) is 5.91 Å². The van der Waals surface area contributed by atoms with E-state index in [4.69, 9.17) is 0 Å². The van der Waals surface area contributed by atoms with E-state index in [-0.39, 0.29) is 29.6 Å². The lowest BCUT2D eigenvalue weighted by molar-refractivity contribution is -0.137. The molecule has 7 nitrogen and oxygen atoms in total. The first kappa shape index (κ1) is 26.3. The molecule has 0 atom stereocenters. The molecular weight excluding hydrogens is 473 g/mol. The van der Waals surface area contributed by atoms with Gasteiger partial charge in [-0.3, -0.25) is 14.4 Å². The molecule has 36 heavy (non-hydrogen) atoms. The fourth-order valence-electron chi connectivity index (χ4n) is 3.22. The van der Waals surface area contributed by atoms with Crippen molar-refractivity contribution in [1.29, 1.82) is 0 Å². The molecule has 0 saturated carbocycles. The van der Waals surface area contributed by atoms with Crippen molar-refractivity contribution in [1.82, 2.24) is 0 Å². The van der Waals surface area contributed by atoms with Gasteiger partial charge >= 0.3 is 6.18 Å². The Kier molecular flexibility index (Phi) is 8.66. The Bertz CT molecular complexity index is 1230. The minimum Gasteiger partial charge on any atom is -0.376 e. The monoisotopic (exact) mass is 498 g/mol. The third-order valence-corrected chi connectivity index (χ3v) is 4.96. The molecule has 0 radical (unpaired) electrons. The van der Waals surface area contributed by atoms with E-state index < -0.39 is 17.6 Å². The molecule has 0 aliphatic carbocycles. The number of hydrogen-bond donors (Lipinski definition) is 4. The summed E-state index contributed by atoms with van der Waals surface area (Å²) < 4.78 is 38.7. The van der Waals surface area contributed by atoms with Crippen LogP contribution in [-0.2, 0) is 15.8 Å². The van der Waals surface area contributed by atoms with Crippen molar-refractivity contribution in [2.24, 2.45) is 0 Å². The van der Waals surface area contributed by atoms with Gasteiger partial charge in [0.1, 0.15) is 0 Å². The van der Waals surface area contributed by atoms with Gasteiger partial charge in [0, 0.05) is 34.7 Å². The van der Waals surface area contributed by atoms with Crippen molar-refractivity contribution in [3.8, 4) is 0 Å². The highest BCUT2D eigenvalue weighted by Crippen LogP contribution is 2.30. The van der Waals surface area contributed by atoms with Crippen LogP contribution in [0, 0.1) is 0 Å². The Morgan fingerprint density at radius 2 is 1.33 bits per heavy atom. The number of nitrogens with one attached hydrogen (secondary N) is 4. The predicted octanol–water partition coefficient (Wildman–Crippen LogP) is 5.75. The summed E-state index contributed by atoms with van der Waals surface area (Å²) in [4.78, 5) is 36.5. The molecule has 0 unspecified atom stereocenters. The minimum atomic E-state index is -4.52. The van der Waals surface area contributed by atoms with Gasteiger partial charge in [-0.2, -0.15) is 13.2 Å². The van der Waals surface area contributed by atoms with Crippen molar-refractivity contribution in [3.05, 3.63) is 83.9 Å². The van der Waals surface area contributed by atoms with E-state index in [0.29, 0.717) is 23.5 Å². The molecule has 3 amide bonds. The molecule has 4 N–H and O–H groups in total. The summed E-state index contributed by atoms with van der Waals surface area (Å²) in [6.45, 7) is 1.87. The molecule has 0 aliphatic heterocycles. The molecule has 10 heteroatoms. The number of halogens is 3. The SMILES string of the molecule is CCCC(=O)Nc1ccc(NCC(=O)Nc2cccc(C(=O)Nc3cccc(C(F)(F)F)c3)c2)cc1. The summed E-state index contributed by atoms with van der Waals surface area (Å²) in [5.74, 6) is -1.05. The van der Waals surface area contributed by atoms with E-state index in [1.165, 1.54) is 24.3 Å². The topological polar surface area (TPSA) is 99.3 Å². The Hall–Kier alpha value is -4.34. The first-order valence-corrected chi connectivity index (χ1v) is 11.2. The Morgan fingerprint density at radius 3 is 2.00 bits per heavy atom. The van der Waals surface area contributed by atoms with Gasteiger partial charge in [0.2, 0.25) is 11.8 Å². The molecule has 0 aromatic heterocycles. The number of carbonyl (C=O) groups excluding carboxylic acids is 3. The maximum absolute atomic E-state index is 12.9. The average Bonchev–Trinajstić information content (AvgIpc) is 2.83. The smallest absolute Gasteiger partial charge is 0.376 e. The second-order valence-electron chi connectivity index (χ2n) is 7.89. The van der Waals surface area contributed by atoms with Crippen molar-refractivity contribution in [2.75, 3.05) is 27.8 Å². The standard InChI is InChI=1S/C26H25F3N4O3/c1-2-5-23(34)31-20-12-10-19(11-13-20)30-16-24(35)32-21-8-3-6-17(14-21)25(36)33-22-9-4-7-18(15-22)26(27,28)29/h3-4,6-15,30H,2,5,16H2,1H3,(H,31,34)(H,32,35)(H,33,36). The van der Waals surface area contributed by atoms with Crippen molar-refractivity contribution >= 4 is 40.5 Å². The molecule has 3 rings (SSSR count). The number of amides is 3. The molecule has 0 bridgehead atoms. The first-order valence-electron chi connectivity index (χ1n) is 11.2. The van der Waals surface area contributed by atoms with Crippen LogP contribution in [0.15, 0.2) is 72.8 Å². The fourth-order valence-corrected chi connectivity index (χ4v) is 3.22. The normalized spacial score (nSPS) is 10.9. The Balaban J connectivity index is 1.54. The third-order valence-electron chi connectivity index (χ3n) is 4.96. The second-order valence-corrected chi connectivity index (χ2v) is 7.89. The quantitative estimate of drug-likeness (QED) is 0.302. The summed E-state index contributed by atoms with van der Waals surface area (Å²) in [6, 6.07) is 17.3. The van der Waals surface area contributed by atoms with Crippen molar-refractivity contribution < 1.29 is 27.6 Å². The highest BCUT2D eigenvalue weighted by atomic mass is 19.4. The van der Waals surface area contributed by atoms with E-state index in [9.17, 15) is 27.6 Å². The van der Waals surface area contributed by atoms with Crippen LogP contribution in [0.3, 0.4) is 0 Å². The number of hydrogen-bond acceptors (Lipinski definition) is 4. The summed E-state index contributed by atoms with van der Waals surface area (Å²) in [5, 5.41) is 10.8. The lowest BCUT2D eigenvalue weighted by atomic mass is 10.1. The van der Waals surface area contributed by atoms with Crippen molar-refractivity contribution in [3.63, 3.8) is 0 Å². The van der Waals surface area contributed by atoms with Crippen LogP contribution in [0.2, 0.25) is 0 Å². The largest absolute Gasteiger partial charge is 0.416 e. The van der Waals surface area contributed by atoms with Crippen molar-refractivity contribution in [2.45, 2.75) is 25.9 Å². The van der Waals surface area contributed by atoms with E-state index in [0.717, 1.165) is 18.6 Å². The van der Waals surface area contributed by atoms with Gasteiger partial charge < -0.3 is 21.3 Å². The Morgan fingerprint density at radius 1 is 0.722 bits per heavy atom. The van der Waals surface area contributed by atoms with Gasteiger partial charge in [-0.05, 0) is 67.1 Å².